The summed E-state index contributed by atoms with van der Waals surface area (Å²) in [7, 11) is 0. The molecule has 0 saturated heterocycles. The summed E-state index contributed by atoms with van der Waals surface area (Å²) in [6.07, 6.45) is 57.7. The van der Waals surface area contributed by atoms with Crippen molar-refractivity contribution in [2.24, 2.45) is 0 Å². The zero-order chi connectivity index (χ0) is 43.0. The van der Waals surface area contributed by atoms with Crippen LogP contribution < -0.4 is 0 Å². The first-order valence-electron chi connectivity index (χ1n) is 24.8. The summed E-state index contributed by atoms with van der Waals surface area (Å²) in [6.45, 7) is 6.46. The number of carbonyl (C=O) groups excluding carboxylic acids is 3. The summed E-state index contributed by atoms with van der Waals surface area (Å²) in [5, 5.41) is 0. The Balaban J connectivity index is 4.44. The number of ether oxygens (including phenoxy) is 3. The van der Waals surface area contributed by atoms with E-state index in [1.165, 1.54) is 109 Å². The molecule has 0 aromatic heterocycles. The van der Waals surface area contributed by atoms with Crippen LogP contribution in [-0.4, -0.2) is 37.2 Å². The Morgan fingerprint density at radius 2 is 0.661 bits per heavy atom. The molecule has 0 amide bonds. The Bertz CT molecular complexity index is 1090. The van der Waals surface area contributed by atoms with Crippen LogP contribution in [0.25, 0.3) is 0 Å². The lowest BCUT2D eigenvalue weighted by atomic mass is 10.0. The summed E-state index contributed by atoms with van der Waals surface area (Å²) in [5.74, 6) is -0.938. The second-order valence-electron chi connectivity index (χ2n) is 16.3. The fourth-order valence-electron chi connectivity index (χ4n) is 6.78. The van der Waals surface area contributed by atoms with Crippen molar-refractivity contribution in [3.05, 3.63) is 60.8 Å². The van der Waals surface area contributed by atoms with E-state index in [2.05, 4.69) is 81.5 Å². The number of allylic oxidation sites excluding steroid dienone is 10. The Hall–Kier alpha value is -2.89. The molecule has 59 heavy (non-hydrogen) atoms. The highest BCUT2D eigenvalue weighted by Gasteiger charge is 2.19. The van der Waals surface area contributed by atoms with Crippen molar-refractivity contribution < 1.29 is 28.6 Å². The number of esters is 3. The van der Waals surface area contributed by atoms with Gasteiger partial charge < -0.3 is 14.2 Å². The molecule has 1 atom stereocenters. The van der Waals surface area contributed by atoms with E-state index < -0.39 is 6.10 Å². The highest BCUT2D eigenvalue weighted by molar-refractivity contribution is 5.71. The zero-order valence-electron chi connectivity index (χ0n) is 38.8. The third-order valence-electron chi connectivity index (χ3n) is 10.5. The van der Waals surface area contributed by atoms with Crippen molar-refractivity contribution in [3.63, 3.8) is 0 Å². The maximum Gasteiger partial charge on any atom is 0.306 e. The van der Waals surface area contributed by atoms with Crippen molar-refractivity contribution in [3.8, 4) is 0 Å². The van der Waals surface area contributed by atoms with Gasteiger partial charge in [0.25, 0.3) is 0 Å². The van der Waals surface area contributed by atoms with Crippen LogP contribution in [0.4, 0.5) is 0 Å². The summed E-state index contributed by atoms with van der Waals surface area (Å²) in [4.78, 5) is 37.9. The number of rotatable bonds is 44. The maximum atomic E-state index is 12.8. The molecule has 0 N–H and O–H groups in total. The van der Waals surface area contributed by atoms with Gasteiger partial charge in [-0.05, 0) is 83.5 Å². The van der Waals surface area contributed by atoms with Gasteiger partial charge in [0.2, 0.25) is 0 Å². The molecule has 0 radical (unpaired) electrons. The summed E-state index contributed by atoms with van der Waals surface area (Å²) < 4.78 is 16.7. The molecule has 0 aromatic rings. The molecule has 0 rings (SSSR count). The van der Waals surface area contributed by atoms with Crippen molar-refractivity contribution in [1.29, 1.82) is 0 Å². The van der Waals surface area contributed by atoms with E-state index >= 15 is 0 Å². The first-order valence-corrected chi connectivity index (χ1v) is 24.8. The Labute approximate surface area is 364 Å². The Morgan fingerprint density at radius 3 is 1.12 bits per heavy atom. The van der Waals surface area contributed by atoms with Crippen molar-refractivity contribution in [2.45, 2.75) is 245 Å². The Morgan fingerprint density at radius 1 is 0.356 bits per heavy atom. The molecule has 0 aliphatic carbocycles. The van der Waals surface area contributed by atoms with Crippen LogP contribution in [0.1, 0.15) is 239 Å². The van der Waals surface area contributed by atoms with Gasteiger partial charge in [-0.2, -0.15) is 0 Å². The molecule has 6 nitrogen and oxygen atoms in total. The van der Waals surface area contributed by atoms with Crippen LogP contribution in [0.2, 0.25) is 0 Å². The van der Waals surface area contributed by atoms with E-state index in [0.717, 1.165) is 89.9 Å². The minimum atomic E-state index is -0.790. The first-order chi connectivity index (χ1) is 29.0. The van der Waals surface area contributed by atoms with Crippen LogP contribution in [0.5, 0.6) is 0 Å². The molecule has 1 unspecified atom stereocenters. The molecule has 0 aromatic carbocycles. The van der Waals surface area contributed by atoms with E-state index in [-0.39, 0.29) is 31.1 Å². The normalized spacial score (nSPS) is 12.5. The number of hydrogen-bond donors (Lipinski definition) is 0. The minimum absolute atomic E-state index is 0.0903. The first kappa shape index (κ1) is 56.1. The molecule has 0 saturated carbocycles. The lowest BCUT2D eigenvalue weighted by molar-refractivity contribution is -0.167. The van der Waals surface area contributed by atoms with Gasteiger partial charge in [0.05, 0.1) is 0 Å². The monoisotopic (exact) mass is 825 g/mol. The minimum Gasteiger partial charge on any atom is -0.462 e. The topological polar surface area (TPSA) is 78.9 Å². The molecule has 6 heteroatoms. The van der Waals surface area contributed by atoms with Crippen molar-refractivity contribution in [1.82, 2.24) is 0 Å². The van der Waals surface area contributed by atoms with E-state index in [9.17, 15) is 14.4 Å². The average molecular weight is 825 g/mol. The van der Waals surface area contributed by atoms with Crippen LogP contribution in [0.15, 0.2) is 60.8 Å². The van der Waals surface area contributed by atoms with E-state index in [4.69, 9.17) is 14.2 Å². The average Bonchev–Trinajstić information content (AvgIpc) is 3.23. The molecule has 0 aliphatic heterocycles. The van der Waals surface area contributed by atoms with Crippen LogP contribution >= 0.6 is 0 Å². The van der Waals surface area contributed by atoms with Gasteiger partial charge in [-0.3, -0.25) is 14.4 Å². The predicted molar refractivity (Wildman–Crippen MR) is 251 cm³/mol. The second-order valence-corrected chi connectivity index (χ2v) is 16.3. The van der Waals surface area contributed by atoms with Gasteiger partial charge in [0.1, 0.15) is 13.2 Å². The summed E-state index contributed by atoms with van der Waals surface area (Å²) in [5.41, 5.74) is 0. The van der Waals surface area contributed by atoms with Gasteiger partial charge in [0.15, 0.2) is 6.10 Å². The lowest BCUT2D eigenvalue weighted by Crippen LogP contribution is -2.30. The summed E-state index contributed by atoms with van der Waals surface area (Å²) in [6, 6.07) is 0. The second kappa shape index (κ2) is 47.8. The third kappa shape index (κ3) is 46.0. The maximum absolute atomic E-state index is 12.8. The Kier molecular flexibility index (Phi) is 45.4. The highest BCUT2D eigenvalue weighted by atomic mass is 16.6. The van der Waals surface area contributed by atoms with E-state index in [0.29, 0.717) is 19.3 Å². The quantitative estimate of drug-likeness (QED) is 0.0263. The van der Waals surface area contributed by atoms with E-state index in [1.54, 1.807) is 0 Å². The predicted octanol–water partition coefficient (Wildman–Crippen LogP) is 16.1. The number of carbonyl (C=O) groups is 3. The number of hydrogen-bond acceptors (Lipinski definition) is 6. The van der Waals surface area contributed by atoms with Crippen LogP contribution in [0.3, 0.4) is 0 Å². The lowest BCUT2D eigenvalue weighted by Gasteiger charge is -2.18. The highest BCUT2D eigenvalue weighted by Crippen LogP contribution is 2.15. The van der Waals surface area contributed by atoms with Crippen LogP contribution in [-0.2, 0) is 28.6 Å². The molecule has 0 bridgehead atoms. The van der Waals surface area contributed by atoms with Gasteiger partial charge >= 0.3 is 17.9 Å². The largest absolute Gasteiger partial charge is 0.462 e. The van der Waals surface area contributed by atoms with Gasteiger partial charge in [-0.25, -0.2) is 0 Å². The van der Waals surface area contributed by atoms with Crippen molar-refractivity contribution in [2.75, 3.05) is 13.2 Å². The zero-order valence-corrected chi connectivity index (χ0v) is 38.8. The fraction of sp³-hybridized carbons (Fsp3) is 0.755. The molecular formula is C53H92O6. The molecule has 340 valence electrons. The van der Waals surface area contributed by atoms with Crippen LogP contribution in [0, 0.1) is 0 Å². The molecule has 0 aliphatic rings. The van der Waals surface area contributed by atoms with Gasteiger partial charge in [-0.15, -0.1) is 0 Å². The smallest absolute Gasteiger partial charge is 0.306 e. The van der Waals surface area contributed by atoms with Gasteiger partial charge in [-0.1, -0.05) is 197 Å². The third-order valence-corrected chi connectivity index (χ3v) is 10.5. The fourth-order valence-corrected chi connectivity index (χ4v) is 6.78. The summed E-state index contributed by atoms with van der Waals surface area (Å²) >= 11 is 0. The molecule has 0 heterocycles. The van der Waals surface area contributed by atoms with E-state index in [1.807, 2.05) is 0 Å². The van der Waals surface area contributed by atoms with Crippen molar-refractivity contribution >= 4 is 17.9 Å². The van der Waals surface area contributed by atoms with Gasteiger partial charge in [0, 0.05) is 19.3 Å². The molecule has 0 spiro atoms. The SMILES string of the molecule is CC/C=C\C/C=C\C/C=C\C/C=C\CCCCC(=O)OCC(COC(=O)CCCCCCC/C=C\CCCCC)OC(=O)CCCCCCCCCCCCCCCC. The standard InChI is InChI=1S/C53H92O6/c1-4-7-10-13-16-19-22-25-27-29-31-34-37-40-43-46-52(55)58-49-50(48-57-51(54)45-42-39-36-33-30-24-21-18-15-12-9-6-3)59-53(56)47-44-41-38-35-32-28-26-23-20-17-14-11-8-5-2/h7,10,16,18-19,21,25,27,31,34,50H,4-6,8-9,11-15,17,20,22-24,26,28-30,32-33,35-49H2,1-3H3/b10-7-,19-16-,21-18-,27-25-,34-31-. The molecule has 0 fully saturated rings. The number of unbranched alkanes of at least 4 members (excludes halogenated alkanes) is 23. The molecular weight excluding hydrogens is 733 g/mol.